The molecule has 2 aliphatic rings. The van der Waals surface area contributed by atoms with Crippen LogP contribution in [0.5, 0.6) is 0 Å². The average Bonchev–Trinajstić information content (AvgIpc) is 2.72. The fourth-order valence-electron chi connectivity index (χ4n) is 1.40. The van der Waals surface area contributed by atoms with Crippen molar-refractivity contribution < 1.29 is 28.5 Å². The molecule has 0 aromatic heterocycles. The molecule has 0 saturated heterocycles. The van der Waals surface area contributed by atoms with Crippen LogP contribution in [0.4, 0.5) is 0 Å². The molecule has 0 bridgehead atoms. The summed E-state index contributed by atoms with van der Waals surface area (Å²) in [6.07, 6.45) is 4.69. The average molecular weight is 228 g/mol. The van der Waals surface area contributed by atoms with Gasteiger partial charge >= 0.3 is 17.7 Å². The van der Waals surface area contributed by atoms with Crippen molar-refractivity contribution in [3.8, 4) is 0 Å². The Kier molecular flexibility index (Phi) is 2.72. The van der Waals surface area contributed by atoms with Crippen molar-refractivity contribution in [1.82, 2.24) is 0 Å². The normalized spacial score (nSPS) is 21.6. The molecule has 0 aromatic carbocycles. The highest BCUT2D eigenvalue weighted by Crippen LogP contribution is 2.28. The number of methoxy groups -OCH3 is 1. The van der Waals surface area contributed by atoms with Gasteiger partial charge in [0.05, 0.1) is 7.11 Å². The second kappa shape index (κ2) is 4.03. The van der Waals surface area contributed by atoms with E-state index in [1.54, 1.807) is 0 Å². The molecule has 1 fully saturated rings. The first-order valence-corrected chi connectivity index (χ1v) is 4.99. The van der Waals surface area contributed by atoms with Crippen molar-refractivity contribution in [3.63, 3.8) is 0 Å². The monoisotopic (exact) mass is 228 g/mol. The van der Waals surface area contributed by atoms with E-state index in [1.165, 1.54) is 0 Å². The van der Waals surface area contributed by atoms with Gasteiger partial charge in [-0.3, -0.25) is 0 Å². The van der Waals surface area contributed by atoms with E-state index < -0.39 is 17.7 Å². The Morgan fingerprint density at radius 1 is 1.25 bits per heavy atom. The van der Waals surface area contributed by atoms with Crippen LogP contribution in [-0.2, 0) is 28.5 Å². The number of esters is 2. The van der Waals surface area contributed by atoms with Crippen LogP contribution < -0.4 is 0 Å². The quantitative estimate of drug-likeness (QED) is 0.516. The van der Waals surface area contributed by atoms with Gasteiger partial charge in [-0.2, -0.15) is 0 Å². The van der Waals surface area contributed by atoms with Crippen LogP contribution in [0.25, 0.3) is 0 Å². The van der Waals surface area contributed by atoms with E-state index in [-0.39, 0.29) is 6.10 Å². The lowest BCUT2D eigenvalue weighted by Gasteiger charge is -2.29. The summed E-state index contributed by atoms with van der Waals surface area (Å²) in [5.74, 6) is -3.90. The molecule has 0 N–H and O–H groups in total. The number of hydrogen-bond donors (Lipinski definition) is 0. The smallest absolute Gasteiger partial charge is 0.452 e. The lowest BCUT2D eigenvalue weighted by molar-refractivity contribution is -0.220. The predicted octanol–water partition coefficient (Wildman–Crippen LogP) is 0.469. The Balaban J connectivity index is 2.06. The molecule has 1 saturated carbocycles. The minimum absolute atomic E-state index is 0.151. The second-order valence-corrected chi connectivity index (χ2v) is 3.57. The standard InChI is InChI=1S/C10H12O6/c1-13-8(11)10(14-5-6-15-10)9(12)16-7-3-2-4-7/h5-7H,2-4H2,1H3. The summed E-state index contributed by atoms with van der Waals surface area (Å²) >= 11 is 0. The van der Waals surface area contributed by atoms with Crippen molar-refractivity contribution >= 4 is 11.9 Å². The summed E-state index contributed by atoms with van der Waals surface area (Å²) in [7, 11) is 1.14. The van der Waals surface area contributed by atoms with Crippen molar-refractivity contribution in [2.75, 3.05) is 7.11 Å². The number of ether oxygens (including phenoxy) is 4. The van der Waals surface area contributed by atoms with Crippen molar-refractivity contribution in [2.24, 2.45) is 0 Å². The van der Waals surface area contributed by atoms with Gasteiger partial charge in [0, 0.05) is 0 Å². The van der Waals surface area contributed by atoms with Crippen LogP contribution in [0.1, 0.15) is 19.3 Å². The third-order valence-electron chi connectivity index (χ3n) is 2.57. The van der Waals surface area contributed by atoms with Gasteiger partial charge in [-0.1, -0.05) is 0 Å². The van der Waals surface area contributed by atoms with Gasteiger partial charge in [0.2, 0.25) is 0 Å². The molecular weight excluding hydrogens is 216 g/mol. The van der Waals surface area contributed by atoms with E-state index in [0.717, 1.165) is 38.9 Å². The molecule has 2 rings (SSSR count). The maximum absolute atomic E-state index is 11.8. The molecule has 88 valence electrons. The van der Waals surface area contributed by atoms with E-state index >= 15 is 0 Å². The van der Waals surface area contributed by atoms with Gasteiger partial charge < -0.3 is 18.9 Å². The zero-order chi connectivity index (χ0) is 11.6. The number of hydrogen-bond acceptors (Lipinski definition) is 6. The Hall–Kier alpha value is -1.72. The molecule has 6 heteroatoms. The lowest BCUT2D eigenvalue weighted by Crippen LogP contribution is -2.51. The first-order valence-electron chi connectivity index (χ1n) is 4.99. The molecule has 0 unspecified atom stereocenters. The summed E-state index contributed by atoms with van der Waals surface area (Å²) in [5, 5.41) is 0. The number of rotatable bonds is 3. The fraction of sp³-hybridized carbons (Fsp3) is 0.600. The van der Waals surface area contributed by atoms with Crippen LogP contribution in [-0.4, -0.2) is 30.9 Å². The van der Waals surface area contributed by atoms with Crippen LogP contribution in [0.3, 0.4) is 0 Å². The van der Waals surface area contributed by atoms with Crippen LogP contribution in [0.15, 0.2) is 12.5 Å². The van der Waals surface area contributed by atoms with Crippen molar-refractivity contribution in [2.45, 2.75) is 31.2 Å². The maximum atomic E-state index is 11.8. The van der Waals surface area contributed by atoms with Gasteiger partial charge in [0.15, 0.2) is 0 Å². The van der Waals surface area contributed by atoms with Gasteiger partial charge in [-0.05, 0) is 19.3 Å². The molecule has 1 aliphatic carbocycles. The van der Waals surface area contributed by atoms with Gasteiger partial charge in [-0.15, -0.1) is 0 Å². The molecular formula is C10H12O6. The minimum Gasteiger partial charge on any atom is -0.463 e. The summed E-state index contributed by atoms with van der Waals surface area (Å²) in [6, 6.07) is 0. The molecule has 16 heavy (non-hydrogen) atoms. The SMILES string of the molecule is COC(=O)C1(C(=O)OC2CCC2)OC=CO1. The summed E-state index contributed by atoms with van der Waals surface area (Å²) < 4.78 is 19.3. The lowest BCUT2D eigenvalue weighted by atomic mass is 9.96. The molecule has 1 aliphatic heterocycles. The Bertz CT molecular complexity index is 322. The molecule has 0 spiro atoms. The van der Waals surface area contributed by atoms with Crippen LogP contribution in [0, 0.1) is 0 Å². The highest BCUT2D eigenvalue weighted by Gasteiger charge is 2.57. The van der Waals surface area contributed by atoms with E-state index in [0.29, 0.717) is 0 Å². The zero-order valence-electron chi connectivity index (χ0n) is 8.80. The summed E-state index contributed by atoms with van der Waals surface area (Å²) in [5.41, 5.74) is 0. The summed E-state index contributed by atoms with van der Waals surface area (Å²) in [4.78, 5) is 23.2. The van der Waals surface area contributed by atoms with Gasteiger partial charge in [0.25, 0.3) is 0 Å². The third kappa shape index (κ3) is 1.60. The van der Waals surface area contributed by atoms with Gasteiger partial charge in [-0.25, -0.2) is 9.59 Å². The molecule has 0 atom stereocenters. The van der Waals surface area contributed by atoms with Crippen molar-refractivity contribution in [1.29, 1.82) is 0 Å². The topological polar surface area (TPSA) is 71.1 Å². The number of carbonyl (C=O) groups excluding carboxylic acids is 2. The van der Waals surface area contributed by atoms with Crippen LogP contribution in [0.2, 0.25) is 0 Å². The molecule has 1 heterocycles. The Morgan fingerprint density at radius 3 is 2.31 bits per heavy atom. The van der Waals surface area contributed by atoms with E-state index in [4.69, 9.17) is 14.2 Å². The molecule has 0 amide bonds. The fourth-order valence-corrected chi connectivity index (χ4v) is 1.40. The zero-order valence-corrected chi connectivity index (χ0v) is 8.80. The third-order valence-corrected chi connectivity index (χ3v) is 2.57. The Labute approximate surface area is 92.1 Å². The Morgan fingerprint density at radius 2 is 1.88 bits per heavy atom. The van der Waals surface area contributed by atoms with Gasteiger partial charge in [0.1, 0.15) is 18.6 Å². The van der Waals surface area contributed by atoms with E-state index in [9.17, 15) is 9.59 Å². The maximum Gasteiger partial charge on any atom is 0.452 e. The highest BCUT2D eigenvalue weighted by molar-refractivity contribution is 6.02. The van der Waals surface area contributed by atoms with Crippen molar-refractivity contribution in [3.05, 3.63) is 12.5 Å². The highest BCUT2D eigenvalue weighted by atomic mass is 16.8. The molecule has 0 radical (unpaired) electrons. The first-order chi connectivity index (χ1) is 7.69. The predicted molar refractivity (Wildman–Crippen MR) is 49.8 cm³/mol. The molecule has 6 nitrogen and oxygen atoms in total. The minimum atomic E-state index is -2.11. The largest absolute Gasteiger partial charge is 0.463 e. The first kappa shape index (κ1) is 10.8. The van der Waals surface area contributed by atoms with E-state index in [1.807, 2.05) is 0 Å². The van der Waals surface area contributed by atoms with E-state index in [2.05, 4.69) is 4.74 Å². The summed E-state index contributed by atoms with van der Waals surface area (Å²) in [6.45, 7) is 0. The molecule has 0 aromatic rings. The van der Waals surface area contributed by atoms with Crippen LogP contribution >= 0.6 is 0 Å². The number of carbonyl (C=O) groups is 2. The second-order valence-electron chi connectivity index (χ2n) is 3.57.